The molecule has 0 radical (unpaired) electrons. The van der Waals surface area contributed by atoms with E-state index >= 15 is 0 Å². The van der Waals surface area contributed by atoms with Gasteiger partial charge >= 0.3 is 0 Å². The first kappa shape index (κ1) is 15.7. The van der Waals surface area contributed by atoms with Gasteiger partial charge in [0.15, 0.2) is 0 Å². The Morgan fingerprint density at radius 2 is 1.91 bits per heavy atom. The smallest absolute Gasteiger partial charge is 0.255 e. The zero-order chi connectivity index (χ0) is 16.1. The van der Waals surface area contributed by atoms with E-state index in [-0.39, 0.29) is 5.91 Å². The Balaban J connectivity index is 1.69. The number of anilines is 1. The molecule has 1 saturated heterocycles. The van der Waals surface area contributed by atoms with E-state index in [4.69, 9.17) is 4.74 Å². The third kappa shape index (κ3) is 4.18. The van der Waals surface area contributed by atoms with Crippen molar-refractivity contribution < 1.29 is 9.53 Å². The quantitative estimate of drug-likeness (QED) is 0.943. The van der Waals surface area contributed by atoms with Crippen LogP contribution in [0.2, 0.25) is 0 Å². The van der Waals surface area contributed by atoms with Crippen LogP contribution in [-0.2, 0) is 11.3 Å². The normalized spacial score (nSPS) is 15.3. The third-order valence-corrected chi connectivity index (χ3v) is 4.09. The van der Waals surface area contributed by atoms with E-state index in [0.29, 0.717) is 5.56 Å². The standard InChI is InChI=1S/C19H22N2O2/c1-15-5-2-3-8-18(15)20-19(22)17-7-4-6-16(13-17)14-21-9-11-23-12-10-21/h2-8,13H,9-12,14H2,1H3,(H,20,22). The van der Waals surface area contributed by atoms with Crippen LogP contribution < -0.4 is 5.32 Å². The Hall–Kier alpha value is -2.17. The van der Waals surface area contributed by atoms with Gasteiger partial charge in [-0.3, -0.25) is 9.69 Å². The molecule has 3 rings (SSSR count). The number of carbonyl (C=O) groups is 1. The van der Waals surface area contributed by atoms with Gasteiger partial charge in [0.05, 0.1) is 13.2 Å². The van der Waals surface area contributed by atoms with Crippen LogP contribution in [0.15, 0.2) is 48.5 Å². The molecule has 1 N–H and O–H groups in total. The predicted octanol–water partition coefficient (Wildman–Crippen LogP) is 3.08. The van der Waals surface area contributed by atoms with Gasteiger partial charge in [-0.05, 0) is 36.2 Å². The summed E-state index contributed by atoms with van der Waals surface area (Å²) in [6.45, 7) is 6.31. The number of amides is 1. The summed E-state index contributed by atoms with van der Waals surface area (Å²) in [6, 6.07) is 15.7. The number of nitrogens with one attached hydrogen (secondary N) is 1. The summed E-state index contributed by atoms with van der Waals surface area (Å²) in [6.07, 6.45) is 0. The summed E-state index contributed by atoms with van der Waals surface area (Å²) in [4.78, 5) is 14.8. The van der Waals surface area contributed by atoms with E-state index in [1.165, 1.54) is 0 Å². The van der Waals surface area contributed by atoms with E-state index < -0.39 is 0 Å². The SMILES string of the molecule is Cc1ccccc1NC(=O)c1cccc(CN2CCOCC2)c1. The van der Waals surface area contributed by atoms with Crippen molar-refractivity contribution in [2.24, 2.45) is 0 Å². The first-order valence-corrected chi connectivity index (χ1v) is 7.98. The summed E-state index contributed by atoms with van der Waals surface area (Å²) in [5, 5.41) is 2.98. The highest BCUT2D eigenvalue weighted by Gasteiger charge is 2.12. The second-order valence-corrected chi connectivity index (χ2v) is 5.86. The maximum atomic E-state index is 12.5. The molecule has 0 bridgehead atoms. The molecule has 4 nitrogen and oxygen atoms in total. The third-order valence-electron chi connectivity index (χ3n) is 4.09. The fourth-order valence-corrected chi connectivity index (χ4v) is 2.74. The lowest BCUT2D eigenvalue weighted by Gasteiger charge is -2.26. The van der Waals surface area contributed by atoms with Gasteiger partial charge in [0, 0.05) is 30.9 Å². The van der Waals surface area contributed by atoms with Gasteiger partial charge < -0.3 is 10.1 Å². The Morgan fingerprint density at radius 3 is 2.70 bits per heavy atom. The van der Waals surface area contributed by atoms with E-state index in [2.05, 4.69) is 16.3 Å². The number of para-hydroxylation sites is 1. The summed E-state index contributed by atoms with van der Waals surface area (Å²) in [7, 11) is 0. The highest BCUT2D eigenvalue weighted by Crippen LogP contribution is 2.16. The van der Waals surface area contributed by atoms with Crippen molar-refractivity contribution >= 4 is 11.6 Å². The van der Waals surface area contributed by atoms with Gasteiger partial charge in [0.1, 0.15) is 0 Å². The predicted molar refractivity (Wildman–Crippen MR) is 91.7 cm³/mol. The molecule has 0 saturated carbocycles. The minimum atomic E-state index is -0.0665. The van der Waals surface area contributed by atoms with Crippen molar-refractivity contribution in [1.29, 1.82) is 0 Å². The number of benzene rings is 2. The van der Waals surface area contributed by atoms with Crippen LogP contribution in [0.1, 0.15) is 21.5 Å². The number of hydrogen-bond acceptors (Lipinski definition) is 3. The Kier molecular flexibility index (Phi) is 5.05. The molecule has 1 amide bonds. The molecule has 0 aliphatic carbocycles. The molecule has 2 aromatic rings. The molecule has 0 atom stereocenters. The fourth-order valence-electron chi connectivity index (χ4n) is 2.74. The molecule has 4 heteroatoms. The molecule has 1 fully saturated rings. The first-order valence-electron chi connectivity index (χ1n) is 7.98. The highest BCUT2D eigenvalue weighted by atomic mass is 16.5. The number of nitrogens with zero attached hydrogens (tertiary/aromatic N) is 1. The molecular weight excluding hydrogens is 288 g/mol. The number of rotatable bonds is 4. The molecule has 120 valence electrons. The van der Waals surface area contributed by atoms with Crippen molar-refractivity contribution in [3.63, 3.8) is 0 Å². The van der Waals surface area contributed by atoms with Crippen LogP contribution in [0.4, 0.5) is 5.69 Å². The van der Waals surface area contributed by atoms with E-state index in [1.54, 1.807) is 0 Å². The van der Waals surface area contributed by atoms with Crippen LogP contribution in [0, 0.1) is 6.92 Å². The van der Waals surface area contributed by atoms with Crippen LogP contribution in [0.5, 0.6) is 0 Å². The lowest BCUT2D eigenvalue weighted by molar-refractivity contribution is 0.0342. The van der Waals surface area contributed by atoms with Crippen molar-refractivity contribution in [3.8, 4) is 0 Å². The average Bonchev–Trinajstić information content (AvgIpc) is 2.58. The second-order valence-electron chi connectivity index (χ2n) is 5.86. The van der Waals surface area contributed by atoms with Crippen LogP contribution in [-0.4, -0.2) is 37.1 Å². The van der Waals surface area contributed by atoms with Crippen molar-refractivity contribution in [3.05, 3.63) is 65.2 Å². The van der Waals surface area contributed by atoms with Gasteiger partial charge in [0.25, 0.3) is 5.91 Å². The van der Waals surface area contributed by atoms with Gasteiger partial charge in [-0.25, -0.2) is 0 Å². The first-order chi connectivity index (χ1) is 11.2. The molecule has 0 spiro atoms. The van der Waals surface area contributed by atoms with Crippen molar-refractivity contribution in [2.45, 2.75) is 13.5 Å². The van der Waals surface area contributed by atoms with Crippen LogP contribution in [0.3, 0.4) is 0 Å². The largest absolute Gasteiger partial charge is 0.379 e. The second kappa shape index (κ2) is 7.40. The summed E-state index contributed by atoms with van der Waals surface area (Å²) >= 11 is 0. The molecule has 1 aliphatic heterocycles. The van der Waals surface area contributed by atoms with E-state index in [1.807, 2.05) is 49.4 Å². The zero-order valence-electron chi connectivity index (χ0n) is 13.4. The Labute approximate surface area is 137 Å². The highest BCUT2D eigenvalue weighted by molar-refractivity contribution is 6.04. The van der Waals surface area contributed by atoms with Gasteiger partial charge in [-0.15, -0.1) is 0 Å². The summed E-state index contributed by atoms with van der Waals surface area (Å²) in [5.41, 5.74) is 3.77. The minimum absolute atomic E-state index is 0.0665. The number of ether oxygens (including phenoxy) is 1. The molecule has 23 heavy (non-hydrogen) atoms. The maximum absolute atomic E-state index is 12.5. The summed E-state index contributed by atoms with van der Waals surface area (Å²) < 4.78 is 5.37. The van der Waals surface area contributed by atoms with Crippen LogP contribution >= 0.6 is 0 Å². The Bertz CT molecular complexity index is 679. The summed E-state index contributed by atoms with van der Waals surface area (Å²) in [5.74, 6) is -0.0665. The van der Waals surface area contributed by atoms with E-state index in [0.717, 1.165) is 49.7 Å². The lowest BCUT2D eigenvalue weighted by Crippen LogP contribution is -2.35. The molecule has 0 aromatic heterocycles. The minimum Gasteiger partial charge on any atom is -0.379 e. The maximum Gasteiger partial charge on any atom is 0.255 e. The Morgan fingerprint density at radius 1 is 1.13 bits per heavy atom. The zero-order valence-corrected chi connectivity index (χ0v) is 13.4. The molecule has 1 aliphatic rings. The number of morpholine rings is 1. The van der Waals surface area contributed by atoms with Crippen molar-refractivity contribution in [1.82, 2.24) is 4.90 Å². The van der Waals surface area contributed by atoms with Gasteiger partial charge in [0.2, 0.25) is 0 Å². The van der Waals surface area contributed by atoms with Gasteiger partial charge in [-0.2, -0.15) is 0 Å². The van der Waals surface area contributed by atoms with E-state index in [9.17, 15) is 4.79 Å². The van der Waals surface area contributed by atoms with Gasteiger partial charge in [-0.1, -0.05) is 30.3 Å². The van der Waals surface area contributed by atoms with Crippen molar-refractivity contribution in [2.75, 3.05) is 31.6 Å². The molecular formula is C19H22N2O2. The molecule has 2 aromatic carbocycles. The topological polar surface area (TPSA) is 41.6 Å². The molecule has 0 unspecified atom stereocenters. The monoisotopic (exact) mass is 310 g/mol. The number of aryl methyl sites for hydroxylation is 1. The number of carbonyl (C=O) groups excluding carboxylic acids is 1. The van der Waals surface area contributed by atoms with Crippen LogP contribution in [0.25, 0.3) is 0 Å². The average molecular weight is 310 g/mol. The number of hydrogen-bond donors (Lipinski definition) is 1. The molecule has 1 heterocycles. The lowest BCUT2D eigenvalue weighted by atomic mass is 10.1. The fraction of sp³-hybridized carbons (Fsp3) is 0.316.